The van der Waals surface area contributed by atoms with Gasteiger partial charge in [-0.25, -0.2) is 9.37 Å². The van der Waals surface area contributed by atoms with Gasteiger partial charge in [-0.1, -0.05) is 19.1 Å². The molecule has 5 N–H and O–H groups in total. The number of carbonyl (C=O) groups excluding carboxylic acids is 1. The number of anilines is 3. The van der Waals surface area contributed by atoms with Crippen molar-refractivity contribution in [3.63, 3.8) is 0 Å². The number of amides is 1. The Morgan fingerprint density at radius 2 is 1.80 bits per heavy atom. The van der Waals surface area contributed by atoms with Crippen LogP contribution in [0.3, 0.4) is 0 Å². The normalized spacial score (nSPS) is 14.6. The Hall–Kier alpha value is -4.03. The molecular weight excluding hydrogens is 526 g/mol. The SMILES string of the molecule is CCN1CCN(Cc2ccc(NC(=O)CNc3ccc(-c4cnc(N)c(C=N)c4)cc3F)cc2C(F)(F)F)CC1. The summed E-state index contributed by atoms with van der Waals surface area (Å²) < 4.78 is 56.3. The molecule has 0 radical (unpaired) electrons. The number of pyridine rings is 1. The highest BCUT2D eigenvalue weighted by atomic mass is 19.4. The first kappa shape index (κ1) is 29.0. The second-order valence-corrected chi connectivity index (χ2v) is 9.52. The van der Waals surface area contributed by atoms with Crippen LogP contribution in [0.5, 0.6) is 0 Å². The molecule has 1 saturated heterocycles. The van der Waals surface area contributed by atoms with Crippen LogP contribution >= 0.6 is 0 Å². The van der Waals surface area contributed by atoms with E-state index in [9.17, 15) is 22.4 Å². The van der Waals surface area contributed by atoms with Crippen LogP contribution in [-0.4, -0.2) is 66.2 Å². The van der Waals surface area contributed by atoms with Crippen molar-refractivity contribution in [3.05, 3.63) is 71.2 Å². The lowest BCUT2D eigenvalue weighted by atomic mass is 10.0. The molecule has 12 heteroatoms. The minimum atomic E-state index is -4.58. The van der Waals surface area contributed by atoms with E-state index in [0.717, 1.165) is 31.9 Å². The van der Waals surface area contributed by atoms with Crippen LogP contribution in [0, 0.1) is 11.2 Å². The van der Waals surface area contributed by atoms with Crippen molar-refractivity contribution in [1.82, 2.24) is 14.8 Å². The standard InChI is InChI=1S/C28H31F4N7O/c1-2-38-7-9-39(10-8-38)17-19-3-5-22(13-23(19)28(30,31)32)37-26(40)16-35-25-6-4-18(12-24(25)29)21-11-20(14-33)27(34)36-15-21/h3-6,11-15,33,35H,2,7-10,16-17H2,1H3,(H2,34,36)(H,37,40). The van der Waals surface area contributed by atoms with Gasteiger partial charge in [0.1, 0.15) is 11.6 Å². The molecule has 4 rings (SSSR count). The van der Waals surface area contributed by atoms with Gasteiger partial charge < -0.3 is 26.7 Å². The number of alkyl halides is 3. The number of rotatable bonds is 9. The van der Waals surface area contributed by atoms with Gasteiger partial charge in [0.05, 0.1) is 17.8 Å². The summed E-state index contributed by atoms with van der Waals surface area (Å²) in [7, 11) is 0. The molecule has 1 aliphatic rings. The molecule has 1 aliphatic heterocycles. The number of hydrogen-bond donors (Lipinski definition) is 4. The molecule has 1 amide bonds. The summed E-state index contributed by atoms with van der Waals surface area (Å²) in [5.74, 6) is -1.08. The average molecular weight is 558 g/mol. The number of aromatic nitrogens is 1. The van der Waals surface area contributed by atoms with Gasteiger partial charge in [0, 0.05) is 61.9 Å². The van der Waals surface area contributed by atoms with Crippen molar-refractivity contribution in [2.75, 3.05) is 55.6 Å². The molecular formula is C28H31F4N7O. The molecule has 40 heavy (non-hydrogen) atoms. The molecule has 2 heterocycles. The Labute approximate surface area is 229 Å². The van der Waals surface area contributed by atoms with Crippen molar-refractivity contribution in [2.24, 2.45) is 0 Å². The van der Waals surface area contributed by atoms with Gasteiger partial charge in [0.2, 0.25) is 5.91 Å². The highest BCUT2D eigenvalue weighted by Gasteiger charge is 2.34. The molecule has 0 bridgehead atoms. The van der Waals surface area contributed by atoms with Crippen LogP contribution in [0.1, 0.15) is 23.6 Å². The number of nitrogens with one attached hydrogen (secondary N) is 3. The molecule has 0 aliphatic carbocycles. The van der Waals surface area contributed by atoms with Gasteiger partial charge in [-0.05, 0) is 48.0 Å². The number of nitrogens with zero attached hydrogens (tertiary/aromatic N) is 3. The van der Waals surface area contributed by atoms with Crippen molar-refractivity contribution in [2.45, 2.75) is 19.6 Å². The van der Waals surface area contributed by atoms with Crippen LogP contribution in [0.25, 0.3) is 11.1 Å². The third-order valence-electron chi connectivity index (χ3n) is 6.85. The van der Waals surface area contributed by atoms with E-state index < -0.39 is 23.5 Å². The fourth-order valence-corrected chi connectivity index (χ4v) is 4.55. The van der Waals surface area contributed by atoms with Crippen molar-refractivity contribution >= 4 is 29.3 Å². The van der Waals surface area contributed by atoms with Crippen molar-refractivity contribution in [1.29, 1.82) is 5.41 Å². The first-order valence-electron chi connectivity index (χ1n) is 12.8. The smallest absolute Gasteiger partial charge is 0.383 e. The Morgan fingerprint density at radius 3 is 2.45 bits per heavy atom. The van der Waals surface area contributed by atoms with Crippen LogP contribution in [0.4, 0.5) is 34.8 Å². The Morgan fingerprint density at radius 1 is 1.07 bits per heavy atom. The first-order chi connectivity index (χ1) is 19.1. The summed E-state index contributed by atoms with van der Waals surface area (Å²) in [6.45, 7) is 5.79. The second kappa shape index (κ2) is 12.4. The minimum absolute atomic E-state index is 0.00681. The van der Waals surface area contributed by atoms with Crippen molar-refractivity contribution in [3.8, 4) is 11.1 Å². The molecule has 2 aromatic carbocycles. The van der Waals surface area contributed by atoms with E-state index in [1.807, 2.05) is 4.90 Å². The molecule has 1 fully saturated rings. The van der Waals surface area contributed by atoms with Crippen LogP contribution in [0.2, 0.25) is 0 Å². The van der Waals surface area contributed by atoms with E-state index in [0.29, 0.717) is 29.8 Å². The summed E-state index contributed by atoms with van der Waals surface area (Å²) >= 11 is 0. The zero-order chi connectivity index (χ0) is 28.9. The van der Waals surface area contributed by atoms with Crippen molar-refractivity contribution < 1.29 is 22.4 Å². The largest absolute Gasteiger partial charge is 0.416 e. The molecule has 0 spiro atoms. The number of benzene rings is 2. The average Bonchev–Trinajstić information content (AvgIpc) is 2.93. The van der Waals surface area contributed by atoms with Gasteiger partial charge in [0.15, 0.2) is 0 Å². The third-order valence-corrected chi connectivity index (χ3v) is 6.85. The second-order valence-electron chi connectivity index (χ2n) is 9.52. The lowest BCUT2D eigenvalue weighted by molar-refractivity contribution is -0.138. The van der Waals surface area contributed by atoms with Gasteiger partial charge in [-0.3, -0.25) is 9.69 Å². The Balaban J connectivity index is 1.39. The number of hydrogen-bond acceptors (Lipinski definition) is 7. The highest BCUT2D eigenvalue weighted by molar-refractivity contribution is 5.94. The zero-order valence-corrected chi connectivity index (χ0v) is 22.0. The van der Waals surface area contributed by atoms with Gasteiger partial charge in [-0.2, -0.15) is 13.2 Å². The van der Waals surface area contributed by atoms with Gasteiger partial charge in [0.25, 0.3) is 0 Å². The number of likely N-dealkylation sites (N-methyl/N-ethyl adjacent to an activating group) is 1. The highest BCUT2D eigenvalue weighted by Crippen LogP contribution is 2.34. The van der Waals surface area contributed by atoms with E-state index >= 15 is 0 Å². The molecule has 8 nitrogen and oxygen atoms in total. The molecule has 0 unspecified atom stereocenters. The van der Waals surface area contributed by atoms with E-state index in [2.05, 4.69) is 27.4 Å². The lowest BCUT2D eigenvalue weighted by Gasteiger charge is -2.34. The quantitative estimate of drug-likeness (QED) is 0.225. The summed E-state index contributed by atoms with van der Waals surface area (Å²) in [4.78, 5) is 20.7. The topological polar surface area (TPSA) is 110 Å². The first-order valence-corrected chi connectivity index (χ1v) is 12.8. The molecule has 0 atom stereocenters. The number of nitrogens with two attached hydrogens (primary N) is 1. The summed E-state index contributed by atoms with van der Waals surface area (Å²) in [6.07, 6.45) is -2.06. The van der Waals surface area contributed by atoms with E-state index in [1.54, 1.807) is 12.1 Å². The number of carbonyl (C=O) groups is 1. The number of nitrogen functional groups attached to an aromatic ring is 1. The lowest BCUT2D eigenvalue weighted by Crippen LogP contribution is -2.45. The summed E-state index contributed by atoms with van der Waals surface area (Å²) in [6, 6.07) is 9.69. The Bertz CT molecular complexity index is 1370. The molecule has 212 valence electrons. The maximum absolute atomic E-state index is 14.7. The van der Waals surface area contributed by atoms with Crippen LogP contribution < -0.4 is 16.4 Å². The monoisotopic (exact) mass is 557 g/mol. The molecule has 0 saturated carbocycles. The van der Waals surface area contributed by atoms with Gasteiger partial charge in [-0.15, -0.1) is 0 Å². The Kier molecular flexibility index (Phi) is 9.00. The fraction of sp³-hybridized carbons (Fsp3) is 0.321. The number of halogens is 4. The van der Waals surface area contributed by atoms with Crippen LogP contribution in [-0.2, 0) is 17.5 Å². The summed E-state index contributed by atoms with van der Waals surface area (Å²) in [5, 5.41) is 12.5. The van der Waals surface area contributed by atoms with Crippen LogP contribution in [0.15, 0.2) is 48.7 Å². The maximum atomic E-state index is 14.7. The predicted molar refractivity (Wildman–Crippen MR) is 148 cm³/mol. The third kappa shape index (κ3) is 7.13. The van der Waals surface area contributed by atoms with E-state index in [1.165, 1.54) is 30.5 Å². The van der Waals surface area contributed by atoms with E-state index in [4.69, 9.17) is 11.1 Å². The predicted octanol–water partition coefficient (Wildman–Crippen LogP) is 4.67. The minimum Gasteiger partial charge on any atom is -0.383 e. The number of piperazine rings is 1. The summed E-state index contributed by atoms with van der Waals surface area (Å²) in [5.41, 5.74) is 6.56. The fourth-order valence-electron chi connectivity index (χ4n) is 4.55. The molecule has 3 aromatic rings. The van der Waals surface area contributed by atoms with Gasteiger partial charge >= 0.3 is 6.18 Å². The molecule has 1 aromatic heterocycles. The zero-order valence-electron chi connectivity index (χ0n) is 22.0. The van der Waals surface area contributed by atoms with E-state index in [-0.39, 0.29) is 35.8 Å². The maximum Gasteiger partial charge on any atom is 0.416 e.